The number of halogens is 1. The van der Waals surface area contributed by atoms with E-state index in [-0.39, 0.29) is 18.1 Å². The van der Waals surface area contributed by atoms with E-state index in [0.29, 0.717) is 5.56 Å². The Morgan fingerprint density at radius 1 is 1.10 bits per heavy atom. The summed E-state index contributed by atoms with van der Waals surface area (Å²) in [7, 11) is 0. The van der Waals surface area contributed by atoms with Gasteiger partial charge in [0.2, 0.25) is 5.91 Å². The van der Waals surface area contributed by atoms with Gasteiger partial charge in [0.25, 0.3) is 5.91 Å². The lowest BCUT2D eigenvalue weighted by Gasteiger charge is -2.33. The van der Waals surface area contributed by atoms with Crippen molar-refractivity contribution in [2.45, 2.75) is 45.8 Å². The molecule has 6 nitrogen and oxygen atoms in total. The second-order valence-corrected chi connectivity index (χ2v) is 9.01. The average Bonchev–Trinajstić information content (AvgIpc) is 3.23. The van der Waals surface area contributed by atoms with E-state index in [0.717, 1.165) is 22.7 Å². The summed E-state index contributed by atoms with van der Waals surface area (Å²) in [5.74, 6) is -1.20. The molecule has 0 bridgehead atoms. The Bertz CT molecular complexity index is 1030. The fourth-order valence-corrected chi connectivity index (χ4v) is 3.56. The molecule has 0 fully saturated rings. The van der Waals surface area contributed by atoms with Crippen molar-refractivity contribution in [2.24, 2.45) is 0 Å². The maximum Gasteiger partial charge on any atom is 0.276 e. The van der Waals surface area contributed by atoms with Gasteiger partial charge >= 0.3 is 0 Å². The van der Waals surface area contributed by atoms with Crippen LogP contribution < -0.4 is 5.32 Å². The van der Waals surface area contributed by atoms with E-state index in [1.54, 1.807) is 5.38 Å². The molecule has 1 unspecified atom stereocenters. The Labute approximate surface area is 185 Å². The third-order valence-corrected chi connectivity index (χ3v) is 5.06. The Morgan fingerprint density at radius 3 is 2.29 bits per heavy atom. The molecule has 1 heterocycles. The molecule has 0 saturated carbocycles. The van der Waals surface area contributed by atoms with Crippen molar-refractivity contribution in [2.75, 3.05) is 0 Å². The van der Waals surface area contributed by atoms with Gasteiger partial charge < -0.3 is 10.2 Å². The first-order valence-corrected chi connectivity index (χ1v) is 10.7. The summed E-state index contributed by atoms with van der Waals surface area (Å²) in [6.45, 7) is 7.75. The zero-order chi connectivity index (χ0) is 22.6. The van der Waals surface area contributed by atoms with Gasteiger partial charge in [0.05, 0.1) is 0 Å². The number of hydrogen-bond acceptors (Lipinski definition) is 5. The lowest BCUT2D eigenvalue weighted by atomic mass is 10.00. The molecule has 0 radical (unpaired) electrons. The number of aryl methyl sites for hydroxylation is 1. The number of amides is 2. The Morgan fingerprint density at radius 2 is 1.74 bits per heavy atom. The Balaban J connectivity index is 2.08. The van der Waals surface area contributed by atoms with Crippen LogP contribution in [0.5, 0.6) is 0 Å². The molecule has 2 aromatic carbocycles. The fourth-order valence-electron chi connectivity index (χ4n) is 3.13. The lowest BCUT2D eigenvalue weighted by Crippen LogP contribution is -2.49. The van der Waals surface area contributed by atoms with E-state index < -0.39 is 23.3 Å². The van der Waals surface area contributed by atoms with Crippen LogP contribution >= 0.6 is 11.5 Å². The number of carbonyl (C=O) groups is 2. The van der Waals surface area contributed by atoms with Crippen LogP contribution in [0.2, 0.25) is 0 Å². The molecule has 162 valence electrons. The lowest BCUT2D eigenvalue weighted by molar-refractivity contribution is -0.127. The van der Waals surface area contributed by atoms with E-state index in [4.69, 9.17) is 0 Å². The van der Waals surface area contributed by atoms with Gasteiger partial charge in [0.15, 0.2) is 5.69 Å². The van der Waals surface area contributed by atoms with Crippen molar-refractivity contribution in [3.8, 4) is 0 Å². The maximum atomic E-state index is 13.6. The minimum absolute atomic E-state index is 0.160. The minimum atomic E-state index is -0.977. The highest BCUT2D eigenvalue weighted by atomic mass is 32.1. The summed E-state index contributed by atoms with van der Waals surface area (Å²) < 4.78 is 17.4. The Hall–Kier alpha value is -3.13. The predicted octanol–water partition coefficient (Wildman–Crippen LogP) is 4.28. The molecule has 31 heavy (non-hydrogen) atoms. The van der Waals surface area contributed by atoms with Crippen LogP contribution in [0.3, 0.4) is 0 Å². The topological polar surface area (TPSA) is 75.2 Å². The first-order chi connectivity index (χ1) is 14.6. The molecule has 0 aliphatic rings. The van der Waals surface area contributed by atoms with E-state index in [9.17, 15) is 14.0 Å². The number of nitrogens with one attached hydrogen (secondary N) is 1. The largest absolute Gasteiger partial charge is 0.349 e. The second-order valence-electron chi connectivity index (χ2n) is 8.40. The number of hydrogen-bond donors (Lipinski definition) is 1. The predicted molar refractivity (Wildman–Crippen MR) is 118 cm³/mol. The SMILES string of the molecule is Cc1ccc(CN(C(=O)c2csnn2)C(C(=O)NC(C)(C)C)c2ccc(F)cc2)cc1. The van der Waals surface area contributed by atoms with Crippen molar-refractivity contribution >= 4 is 23.3 Å². The van der Waals surface area contributed by atoms with Crippen LogP contribution in [0.15, 0.2) is 53.9 Å². The van der Waals surface area contributed by atoms with Crippen LogP contribution in [0, 0.1) is 12.7 Å². The number of rotatable bonds is 6. The van der Waals surface area contributed by atoms with Gasteiger partial charge in [-0.05, 0) is 62.5 Å². The van der Waals surface area contributed by atoms with Crippen LogP contribution in [0.1, 0.15) is 54.0 Å². The molecule has 1 atom stereocenters. The monoisotopic (exact) mass is 440 g/mol. The molecule has 3 rings (SSSR count). The number of carbonyl (C=O) groups excluding carboxylic acids is 2. The molecule has 1 N–H and O–H groups in total. The molecule has 0 aliphatic heterocycles. The molecular weight excluding hydrogens is 415 g/mol. The zero-order valence-electron chi connectivity index (χ0n) is 17.9. The molecule has 8 heteroatoms. The summed E-state index contributed by atoms with van der Waals surface area (Å²) in [4.78, 5) is 28.2. The molecular formula is C23H25FN4O2S. The van der Waals surface area contributed by atoms with E-state index in [1.165, 1.54) is 29.2 Å². The van der Waals surface area contributed by atoms with Gasteiger partial charge in [0.1, 0.15) is 11.9 Å². The van der Waals surface area contributed by atoms with Gasteiger partial charge in [-0.25, -0.2) is 4.39 Å². The van der Waals surface area contributed by atoms with Crippen molar-refractivity contribution < 1.29 is 14.0 Å². The first-order valence-electron chi connectivity index (χ1n) is 9.85. The van der Waals surface area contributed by atoms with Crippen molar-refractivity contribution in [1.82, 2.24) is 19.8 Å². The smallest absolute Gasteiger partial charge is 0.276 e. The highest BCUT2D eigenvalue weighted by Crippen LogP contribution is 2.27. The first kappa shape index (κ1) is 22.6. The maximum absolute atomic E-state index is 13.6. The van der Waals surface area contributed by atoms with Gasteiger partial charge in [0, 0.05) is 17.5 Å². The normalized spacial score (nSPS) is 12.3. The molecule has 1 aromatic heterocycles. The number of nitrogens with zero attached hydrogens (tertiary/aromatic N) is 3. The quantitative estimate of drug-likeness (QED) is 0.621. The molecule has 2 amide bonds. The van der Waals surface area contributed by atoms with Crippen molar-refractivity contribution in [3.63, 3.8) is 0 Å². The van der Waals surface area contributed by atoms with E-state index in [2.05, 4.69) is 14.9 Å². The second kappa shape index (κ2) is 9.34. The van der Waals surface area contributed by atoms with Gasteiger partial charge in [-0.3, -0.25) is 9.59 Å². The standard InChI is InChI=1S/C23H25FN4O2S/c1-15-5-7-16(8-6-15)13-28(22(30)19-14-31-27-26-19)20(21(29)25-23(2,3)4)17-9-11-18(24)12-10-17/h5-12,14,20H,13H2,1-4H3,(H,25,29). The highest BCUT2D eigenvalue weighted by Gasteiger charge is 2.34. The number of benzene rings is 2. The van der Waals surface area contributed by atoms with Crippen LogP contribution in [-0.4, -0.2) is 31.8 Å². The zero-order valence-corrected chi connectivity index (χ0v) is 18.7. The van der Waals surface area contributed by atoms with Gasteiger partial charge in [-0.1, -0.05) is 46.4 Å². The third-order valence-electron chi connectivity index (χ3n) is 4.56. The van der Waals surface area contributed by atoms with Crippen LogP contribution in [-0.2, 0) is 11.3 Å². The van der Waals surface area contributed by atoms with E-state index >= 15 is 0 Å². The average molecular weight is 441 g/mol. The summed E-state index contributed by atoms with van der Waals surface area (Å²) in [5.41, 5.74) is 2.10. The molecule has 0 spiro atoms. The van der Waals surface area contributed by atoms with Gasteiger partial charge in [-0.2, -0.15) is 0 Å². The van der Waals surface area contributed by atoms with Crippen molar-refractivity contribution in [1.29, 1.82) is 0 Å². The summed E-state index contributed by atoms with van der Waals surface area (Å²) in [5, 5.41) is 8.40. The van der Waals surface area contributed by atoms with Crippen LogP contribution in [0.4, 0.5) is 4.39 Å². The van der Waals surface area contributed by atoms with Crippen molar-refractivity contribution in [3.05, 3.63) is 82.1 Å². The summed E-state index contributed by atoms with van der Waals surface area (Å²) in [6, 6.07) is 12.4. The number of aromatic nitrogens is 2. The Kier molecular flexibility index (Phi) is 6.80. The fraction of sp³-hybridized carbons (Fsp3) is 0.304. The highest BCUT2D eigenvalue weighted by molar-refractivity contribution is 7.03. The van der Waals surface area contributed by atoms with Crippen LogP contribution in [0.25, 0.3) is 0 Å². The summed E-state index contributed by atoms with van der Waals surface area (Å²) >= 11 is 1.06. The third kappa shape index (κ3) is 5.95. The summed E-state index contributed by atoms with van der Waals surface area (Å²) in [6.07, 6.45) is 0. The minimum Gasteiger partial charge on any atom is -0.349 e. The molecule has 3 aromatic rings. The van der Waals surface area contributed by atoms with E-state index in [1.807, 2.05) is 52.0 Å². The molecule has 0 saturated heterocycles. The molecule has 0 aliphatic carbocycles. The van der Waals surface area contributed by atoms with Gasteiger partial charge in [-0.15, -0.1) is 5.10 Å².